The first-order valence-electron chi connectivity index (χ1n) is 3.99. The monoisotopic (exact) mass is 162 g/mol. The molecule has 1 aromatic heterocycles. The fraction of sp³-hybridized carbons (Fsp3) is 0.300. The van der Waals surface area contributed by atoms with E-state index in [9.17, 15) is 0 Å². The van der Waals surface area contributed by atoms with Crippen molar-refractivity contribution in [1.82, 2.24) is 4.98 Å². The smallest absolute Gasteiger partial charge is 0.0653 e. The zero-order valence-corrected chi connectivity index (χ0v) is 7.54. The van der Waals surface area contributed by atoms with Crippen LogP contribution in [0.25, 0.3) is 6.08 Å². The minimum absolute atomic E-state index is 0.0510. The summed E-state index contributed by atoms with van der Waals surface area (Å²) in [7, 11) is 0. The van der Waals surface area contributed by atoms with Crippen molar-refractivity contribution in [3.05, 3.63) is 35.7 Å². The average Bonchev–Trinajstić information content (AvgIpc) is 2.04. The summed E-state index contributed by atoms with van der Waals surface area (Å²) in [6, 6.07) is 2.10. The predicted octanol–water partition coefficient (Wildman–Crippen LogP) is 2.05. The molecule has 0 aromatic carbocycles. The molecule has 1 rings (SSSR count). The highest BCUT2D eigenvalue weighted by Crippen LogP contribution is 2.13. The van der Waals surface area contributed by atoms with Crippen LogP contribution in [0, 0.1) is 6.92 Å². The summed E-state index contributed by atoms with van der Waals surface area (Å²) in [5.74, 6) is 0. The van der Waals surface area contributed by atoms with Crippen LogP contribution in [0.5, 0.6) is 0 Å². The topological polar surface area (TPSA) is 38.9 Å². The van der Waals surface area contributed by atoms with Crippen molar-refractivity contribution in [3.8, 4) is 0 Å². The molecule has 0 saturated carbocycles. The Hall–Kier alpha value is -1.15. The first kappa shape index (κ1) is 8.94. The molecule has 1 aromatic rings. The Morgan fingerprint density at radius 2 is 2.33 bits per heavy atom. The third-order valence-electron chi connectivity index (χ3n) is 1.86. The fourth-order valence-electron chi connectivity index (χ4n) is 1.07. The predicted molar refractivity (Wildman–Crippen MR) is 51.7 cm³/mol. The molecule has 0 fully saturated rings. The number of aryl methyl sites for hydroxylation is 1. The normalized spacial score (nSPS) is 12.6. The van der Waals surface area contributed by atoms with Gasteiger partial charge in [-0.3, -0.25) is 4.98 Å². The number of nitrogens with zero attached hydrogens (tertiary/aromatic N) is 1. The minimum Gasteiger partial charge on any atom is -0.324 e. The Kier molecular flexibility index (Phi) is 2.61. The lowest BCUT2D eigenvalue weighted by molar-refractivity contribution is 0.809. The second-order valence-corrected chi connectivity index (χ2v) is 2.96. The highest BCUT2D eigenvalue weighted by atomic mass is 14.7. The van der Waals surface area contributed by atoms with Crippen LogP contribution < -0.4 is 5.73 Å². The molecule has 0 spiro atoms. The molecule has 0 saturated heterocycles. The van der Waals surface area contributed by atoms with E-state index in [1.165, 1.54) is 0 Å². The molecule has 0 aliphatic heterocycles. The standard InChI is InChI=1S/C10H14N2/c1-4-10-7(2)5-9(6-12-10)8(3)11/h4-6,8H,1,11H2,2-3H3/t8-/m1/s1. The third kappa shape index (κ3) is 1.71. The third-order valence-corrected chi connectivity index (χ3v) is 1.86. The molecular formula is C10H14N2. The van der Waals surface area contributed by atoms with Gasteiger partial charge in [0.25, 0.3) is 0 Å². The largest absolute Gasteiger partial charge is 0.324 e. The van der Waals surface area contributed by atoms with Crippen molar-refractivity contribution < 1.29 is 0 Å². The summed E-state index contributed by atoms with van der Waals surface area (Å²) in [6.45, 7) is 7.63. The average molecular weight is 162 g/mol. The lowest BCUT2D eigenvalue weighted by Gasteiger charge is -2.07. The van der Waals surface area contributed by atoms with Gasteiger partial charge in [-0.15, -0.1) is 0 Å². The molecule has 0 unspecified atom stereocenters. The Morgan fingerprint density at radius 1 is 1.67 bits per heavy atom. The first-order chi connectivity index (χ1) is 5.65. The Balaban J connectivity index is 3.10. The van der Waals surface area contributed by atoms with Crippen molar-refractivity contribution in [2.75, 3.05) is 0 Å². The Labute approximate surface area is 73.1 Å². The van der Waals surface area contributed by atoms with Crippen molar-refractivity contribution in [2.45, 2.75) is 19.9 Å². The van der Waals surface area contributed by atoms with Gasteiger partial charge in [0.15, 0.2) is 0 Å². The second kappa shape index (κ2) is 3.50. The van der Waals surface area contributed by atoms with E-state index in [0.29, 0.717) is 0 Å². The van der Waals surface area contributed by atoms with Crippen LogP contribution >= 0.6 is 0 Å². The van der Waals surface area contributed by atoms with Gasteiger partial charge in [-0.05, 0) is 31.1 Å². The zero-order valence-electron chi connectivity index (χ0n) is 7.54. The van der Waals surface area contributed by atoms with E-state index in [4.69, 9.17) is 5.73 Å². The van der Waals surface area contributed by atoms with Gasteiger partial charge in [-0.25, -0.2) is 0 Å². The van der Waals surface area contributed by atoms with Crippen molar-refractivity contribution >= 4 is 6.08 Å². The highest BCUT2D eigenvalue weighted by Gasteiger charge is 2.01. The molecule has 1 atom stereocenters. The molecule has 0 aliphatic carbocycles. The molecule has 64 valence electrons. The van der Waals surface area contributed by atoms with Gasteiger partial charge in [-0.2, -0.15) is 0 Å². The minimum atomic E-state index is 0.0510. The molecule has 0 radical (unpaired) electrons. The van der Waals surface area contributed by atoms with Crippen LogP contribution in [0.15, 0.2) is 18.8 Å². The van der Waals surface area contributed by atoms with E-state index >= 15 is 0 Å². The van der Waals surface area contributed by atoms with Gasteiger partial charge in [0, 0.05) is 12.2 Å². The van der Waals surface area contributed by atoms with E-state index < -0.39 is 0 Å². The van der Waals surface area contributed by atoms with E-state index in [0.717, 1.165) is 16.8 Å². The summed E-state index contributed by atoms with van der Waals surface area (Å²) in [4.78, 5) is 4.22. The van der Waals surface area contributed by atoms with Crippen molar-refractivity contribution in [3.63, 3.8) is 0 Å². The lowest BCUT2D eigenvalue weighted by atomic mass is 10.1. The molecule has 2 heteroatoms. The zero-order chi connectivity index (χ0) is 9.14. The maximum atomic E-state index is 5.71. The number of hydrogen-bond acceptors (Lipinski definition) is 2. The first-order valence-corrected chi connectivity index (χ1v) is 3.99. The molecule has 2 nitrogen and oxygen atoms in total. The molecule has 0 amide bonds. The SMILES string of the molecule is C=Cc1ncc([C@@H](C)N)cc1C. The number of nitrogens with two attached hydrogens (primary N) is 1. The quantitative estimate of drug-likeness (QED) is 0.722. The molecule has 12 heavy (non-hydrogen) atoms. The van der Waals surface area contributed by atoms with Gasteiger partial charge in [0.1, 0.15) is 0 Å². The van der Waals surface area contributed by atoms with Crippen LogP contribution in [0.2, 0.25) is 0 Å². The number of aromatic nitrogens is 1. The van der Waals surface area contributed by atoms with E-state index in [2.05, 4.69) is 17.6 Å². The highest BCUT2D eigenvalue weighted by molar-refractivity contribution is 5.47. The summed E-state index contributed by atoms with van der Waals surface area (Å²) >= 11 is 0. The summed E-state index contributed by atoms with van der Waals surface area (Å²) in [5, 5.41) is 0. The summed E-state index contributed by atoms with van der Waals surface area (Å²) in [5.41, 5.74) is 8.83. The number of pyridine rings is 1. The van der Waals surface area contributed by atoms with Gasteiger partial charge in [0.05, 0.1) is 5.69 Å². The number of rotatable bonds is 2. The van der Waals surface area contributed by atoms with Crippen LogP contribution in [-0.4, -0.2) is 4.98 Å². The maximum Gasteiger partial charge on any atom is 0.0653 e. The molecular weight excluding hydrogens is 148 g/mol. The maximum absolute atomic E-state index is 5.71. The fourth-order valence-corrected chi connectivity index (χ4v) is 1.07. The molecule has 0 aliphatic rings. The van der Waals surface area contributed by atoms with Crippen LogP contribution in [-0.2, 0) is 0 Å². The van der Waals surface area contributed by atoms with E-state index in [1.54, 1.807) is 12.3 Å². The van der Waals surface area contributed by atoms with Gasteiger partial charge in [0.2, 0.25) is 0 Å². The molecule has 0 bridgehead atoms. The van der Waals surface area contributed by atoms with Gasteiger partial charge < -0.3 is 5.73 Å². The van der Waals surface area contributed by atoms with Crippen LogP contribution in [0.3, 0.4) is 0 Å². The van der Waals surface area contributed by atoms with Gasteiger partial charge in [-0.1, -0.05) is 12.6 Å². The van der Waals surface area contributed by atoms with Gasteiger partial charge >= 0.3 is 0 Å². The molecule has 1 heterocycles. The van der Waals surface area contributed by atoms with Crippen molar-refractivity contribution in [1.29, 1.82) is 0 Å². The Bertz CT molecular complexity index is 290. The van der Waals surface area contributed by atoms with Crippen LogP contribution in [0.1, 0.15) is 29.8 Å². The summed E-state index contributed by atoms with van der Waals surface area (Å²) < 4.78 is 0. The Morgan fingerprint density at radius 3 is 2.75 bits per heavy atom. The summed E-state index contributed by atoms with van der Waals surface area (Å²) in [6.07, 6.45) is 3.55. The van der Waals surface area contributed by atoms with Crippen molar-refractivity contribution in [2.24, 2.45) is 5.73 Å². The van der Waals surface area contributed by atoms with Crippen LogP contribution in [0.4, 0.5) is 0 Å². The molecule has 2 N–H and O–H groups in total. The van der Waals surface area contributed by atoms with E-state index in [1.807, 2.05) is 13.8 Å². The van der Waals surface area contributed by atoms with E-state index in [-0.39, 0.29) is 6.04 Å². The second-order valence-electron chi connectivity index (χ2n) is 2.96. The lowest BCUT2D eigenvalue weighted by Crippen LogP contribution is -2.06. The number of hydrogen-bond donors (Lipinski definition) is 1.